The largest absolute Gasteiger partial charge is 0.503 e. The van der Waals surface area contributed by atoms with Gasteiger partial charge in [-0.1, -0.05) is 24.3 Å². The number of nitrogens with one attached hydrogen (secondary N) is 1. The van der Waals surface area contributed by atoms with Crippen molar-refractivity contribution in [3.63, 3.8) is 0 Å². The van der Waals surface area contributed by atoms with E-state index in [2.05, 4.69) is 5.32 Å². The summed E-state index contributed by atoms with van der Waals surface area (Å²) < 4.78 is 21.3. The van der Waals surface area contributed by atoms with Crippen LogP contribution >= 0.6 is 0 Å². The lowest BCUT2D eigenvalue weighted by Gasteiger charge is -2.13. The molecule has 1 amide bonds. The van der Waals surface area contributed by atoms with E-state index in [1.807, 2.05) is 0 Å². The fourth-order valence-electron chi connectivity index (χ4n) is 3.50. The van der Waals surface area contributed by atoms with Gasteiger partial charge in [-0.25, -0.2) is 0 Å². The van der Waals surface area contributed by atoms with Crippen molar-refractivity contribution in [2.24, 2.45) is 0 Å². The second-order valence-electron chi connectivity index (χ2n) is 7.55. The molecular formula is C27H26N2O8. The molecule has 0 fully saturated rings. The van der Waals surface area contributed by atoms with Gasteiger partial charge < -0.3 is 29.4 Å². The minimum Gasteiger partial charge on any atom is -0.503 e. The summed E-state index contributed by atoms with van der Waals surface area (Å²) in [5.41, 5.74) is 1.60. The molecule has 0 atom stereocenters. The molecule has 0 saturated heterocycles. The highest BCUT2D eigenvalue weighted by Crippen LogP contribution is 2.39. The Labute approximate surface area is 213 Å². The Balaban J connectivity index is 1.88. The number of nitro benzene ring substituents is 1. The van der Waals surface area contributed by atoms with Gasteiger partial charge in [0.1, 0.15) is 0 Å². The van der Waals surface area contributed by atoms with E-state index in [9.17, 15) is 20.0 Å². The minimum absolute atomic E-state index is 0.0982. The molecule has 0 bridgehead atoms. The standard InChI is InChI=1S/C27H26N2O8/c1-34-22-14-17(9-10-18-15-23(35-2)27(37-4)24(16-18)36-3)13-20(26(22)31)28-25(30)12-11-19-7-5-6-8-21(19)29(32)33/h5-16,31H,1-4H3,(H,28,30)/b10-9+,12-11+. The second-order valence-corrected chi connectivity index (χ2v) is 7.55. The van der Waals surface area contributed by atoms with Gasteiger partial charge in [-0.3, -0.25) is 14.9 Å². The zero-order chi connectivity index (χ0) is 26.9. The van der Waals surface area contributed by atoms with Gasteiger partial charge in [0.15, 0.2) is 23.0 Å². The fourth-order valence-corrected chi connectivity index (χ4v) is 3.50. The summed E-state index contributed by atoms with van der Waals surface area (Å²) in [6.45, 7) is 0. The van der Waals surface area contributed by atoms with Crippen LogP contribution < -0.4 is 24.3 Å². The Morgan fingerprint density at radius 2 is 1.43 bits per heavy atom. The maximum atomic E-state index is 12.5. The Hall–Kier alpha value is -4.99. The van der Waals surface area contributed by atoms with E-state index in [0.717, 1.165) is 11.6 Å². The summed E-state index contributed by atoms with van der Waals surface area (Å²) in [4.78, 5) is 23.2. The highest BCUT2D eigenvalue weighted by atomic mass is 16.6. The number of phenols is 1. The van der Waals surface area contributed by atoms with Crippen molar-refractivity contribution in [2.75, 3.05) is 33.8 Å². The molecule has 37 heavy (non-hydrogen) atoms. The number of carbonyl (C=O) groups is 1. The Morgan fingerprint density at radius 1 is 0.865 bits per heavy atom. The molecule has 0 aromatic heterocycles. The van der Waals surface area contributed by atoms with E-state index >= 15 is 0 Å². The van der Waals surface area contributed by atoms with Gasteiger partial charge in [0.2, 0.25) is 11.7 Å². The lowest BCUT2D eigenvalue weighted by molar-refractivity contribution is -0.385. The van der Waals surface area contributed by atoms with Crippen LogP contribution in [0, 0.1) is 10.1 Å². The molecule has 0 heterocycles. The van der Waals surface area contributed by atoms with Gasteiger partial charge >= 0.3 is 0 Å². The summed E-state index contributed by atoms with van der Waals surface area (Å²) in [6.07, 6.45) is 6.01. The molecule has 3 aromatic carbocycles. The summed E-state index contributed by atoms with van der Waals surface area (Å²) in [5, 5.41) is 24.3. The van der Waals surface area contributed by atoms with Crippen molar-refractivity contribution in [3.05, 3.63) is 81.4 Å². The fraction of sp³-hybridized carbons (Fsp3) is 0.148. The van der Waals surface area contributed by atoms with Gasteiger partial charge in [0.25, 0.3) is 5.69 Å². The summed E-state index contributed by atoms with van der Waals surface area (Å²) in [5.74, 6) is 0.727. The van der Waals surface area contributed by atoms with E-state index in [1.165, 1.54) is 52.7 Å². The molecule has 2 N–H and O–H groups in total. The van der Waals surface area contributed by atoms with Crippen molar-refractivity contribution in [3.8, 4) is 28.7 Å². The van der Waals surface area contributed by atoms with Crippen LogP contribution in [-0.2, 0) is 4.79 Å². The minimum atomic E-state index is -0.596. The van der Waals surface area contributed by atoms with Gasteiger partial charge in [0.05, 0.1) is 44.6 Å². The van der Waals surface area contributed by atoms with Crippen LogP contribution in [0.2, 0.25) is 0 Å². The van der Waals surface area contributed by atoms with Crippen molar-refractivity contribution in [1.82, 2.24) is 0 Å². The zero-order valence-corrected chi connectivity index (χ0v) is 20.7. The van der Waals surface area contributed by atoms with Gasteiger partial charge in [-0.05, 0) is 47.5 Å². The molecule has 0 aliphatic heterocycles. The number of aromatic hydroxyl groups is 1. The molecule has 3 aromatic rings. The Bertz CT molecular complexity index is 1340. The van der Waals surface area contributed by atoms with Crippen molar-refractivity contribution in [1.29, 1.82) is 0 Å². The first-order valence-corrected chi connectivity index (χ1v) is 10.9. The molecule has 0 saturated carbocycles. The van der Waals surface area contributed by atoms with Crippen LogP contribution in [0.3, 0.4) is 0 Å². The lowest BCUT2D eigenvalue weighted by atomic mass is 10.1. The number of benzene rings is 3. The van der Waals surface area contributed by atoms with Crippen LogP contribution in [0.1, 0.15) is 16.7 Å². The second kappa shape index (κ2) is 12.1. The number of ether oxygens (including phenoxy) is 4. The predicted molar refractivity (Wildman–Crippen MR) is 140 cm³/mol. The maximum absolute atomic E-state index is 12.5. The van der Waals surface area contributed by atoms with Crippen LogP contribution in [0.4, 0.5) is 11.4 Å². The van der Waals surface area contributed by atoms with E-state index in [-0.39, 0.29) is 28.4 Å². The number of nitrogens with zero attached hydrogens (tertiary/aromatic N) is 1. The number of rotatable bonds is 10. The molecule has 0 spiro atoms. The zero-order valence-electron chi connectivity index (χ0n) is 20.7. The van der Waals surface area contributed by atoms with E-state index < -0.39 is 10.8 Å². The molecule has 192 valence electrons. The number of methoxy groups -OCH3 is 4. The number of nitro groups is 1. The summed E-state index contributed by atoms with van der Waals surface area (Å²) >= 11 is 0. The number of anilines is 1. The highest BCUT2D eigenvalue weighted by molar-refractivity contribution is 6.03. The number of amides is 1. The van der Waals surface area contributed by atoms with Crippen LogP contribution in [0.5, 0.6) is 28.7 Å². The van der Waals surface area contributed by atoms with Gasteiger partial charge in [0, 0.05) is 12.1 Å². The summed E-state index contributed by atoms with van der Waals surface area (Å²) in [7, 11) is 5.95. The topological polar surface area (TPSA) is 129 Å². The van der Waals surface area contributed by atoms with E-state index in [1.54, 1.807) is 42.5 Å². The number of phenolic OH excluding ortho intramolecular Hbond substituents is 1. The monoisotopic (exact) mass is 506 g/mol. The highest BCUT2D eigenvalue weighted by Gasteiger charge is 2.14. The molecule has 10 heteroatoms. The van der Waals surface area contributed by atoms with Gasteiger partial charge in [-0.15, -0.1) is 0 Å². The molecule has 10 nitrogen and oxygen atoms in total. The molecule has 3 rings (SSSR count). The van der Waals surface area contributed by atoms with Crippen LogP contribution in [0.25, 0.3) is 18.2 Å². The third kappa shape index (κ3) is 6.37. The number of hydrogen-bond donors (Lipinski definition) is 2. The van der Waals surface area contributed by atoms with Crippen molar-refractivity contribution >= 4 is 35.5 Å². The molecule has 0 unspecified atom stereocenters. The van der Waals surface area contributed by atoms with Gasteiger partial charge in [-0.2, -0.15) is 0 Å². The Morgan fingerprint density at radius 3 is 2.00 bits per heavy atom. The number of para-hydroxylation sites is 1. The number of hydrogen-bond acceptors (Lipinski definition) is 8. The van der Waals surface area contributed by atoms with Crippen LogP contribution in [-0.4, -0.2) is 44.4 Å². The SMILES string of the molecule is COc1cc(/C=C/c2cc(OC)c(OC)c(OC)c2)cc(NC(=O)/C=C/c2ccccc2[N+](=O)[O-])c1O. The quantitative estimate of drug-likeness (QED) is 0.127. The third-order valence-corrected chi connectivity index (χ3v) is 5.28. The molecular weight excluding hydrogens is 480 g/mol. The lowest BCUT2D eigenvalue weighted by Crippen LogP contribution is -2.08. The maximum Gasteiger partial charge on any atom is 0.276 e. The number of carbonyl (C=O) groups excluding carboxylic acids is 1. The van der Waals surface area contributed by atoms with Crippen molar-refractivity contribution < 1.29 is 33.8 Å². The third-order valence-electron chi connectivity index (χ3n) is 5.28. The van der Waals surface area contributed by atoms with Crippen LogP contribution in [0.15, 0.2) is 54.6 Å². The summed E-state index contributed by atoms with van der Waals surface area (Å²) in [6, 6.07) is 12.7. The molecule has 0 radical (unpaired) electrons. The van der Waals surface area contributed by atoms with E-state index in [4.69, 9.17) is 18.9 Å². The molecule has 0 aliphatic carbocycles. The first-order valence-electron chi connectivity index (χ1n) is 10.9. The predicted octanol–water partition coefficient (Wildman–Crippen LogP) is 5.16. The van der Waals surface area contributed by atoms with Crippen molar-refractivity contribution in [2.45, 2.75) is 0 Å². The smallest absolute Gasteiger partial charge is 0.276 e. The first-order chi connectivity index (χ1) is 17.8. The molecule has 0 aliphatic rings. The average Bonchev–Trinajstić information content (AvgIpc) is 2.91. The normalized spacial score (nSPS) is 10.9. The average molecular weight is 507 g/mol. The van der Waals surface area contributed by atoms with E-state index in [0.29, 0.717) is 22.8 Å². The Kier molecular flexibility index (Phi) is 8.71. The first kappa shape index (κ1) is 26.6.